The molecule has 1 atom stereocenters. The van der Waals surface area contributed by atoms with Gasteiger partial charge in [0.25, 0.3) is 12.3 Å². The molecule has 0 bridgehead atoms. The number of rotatable bonds is 11. The molecular formula is C34H35ClF5N9O3. The fraction of sp³-hybridized carbons (Fsp3) is 0.382. The van der Waals surface area contributed by atoms with Crippen LogP contribution in [0.5, 0.6) is 0 Å². The van der Waals surface area contributed by atoms with Gasteiger partial charge in [-0.15, -0.1) is 0 Å². The summed E-state index contributed by atoms with van der Waals surface area (Å²) < 4.78 is 74.8. The Labute approximate surface area is 300 Å². The van der Waals surface area contributed by atoms with Crippen molar-refractivity contribution in [1.29, 1.82) is 0 Å². The number of hydrogen-bond acceptors (Lipinski definition) is 8. The molecule has 276 valence electrons. The minimum Gasteiger partial charge on any atom is -0.447 e. The number of nitrogens with zero attached hydrogens (tertiary/aromatic N) is 7. The number of nitrogens with two attached hydrogens (primary N) is 1. The van der Waals surface area contributed by atoms with E-state index in [9.17, 15) is 31.5 Å². The summed E-state index contributed by atoms with van der Waals surface area (Å²) in [5.74, 6) is -1.37. The molecule has 0 unspecified atom stereocenters. The molecule has 2 amide bonds. The number of alkyl carbamates (subject to hydrolysis) is 1. The molecule has 18 heteroatoms. The molecule has 52 heavy (non-hydrogen) atoms. The number of aliphatic imine (C=N–C) groups is 1. The summed E-state index contributed by atoms with van der Waals surface area (Å²) in [5, 5.41) is 5.73. The number of guanidine groups is 1. The zero-order chi connectivity index (χ0) is 37.8. The van der Waals surface area contributed by atoms with Crippen molar-refractivity contribution in [2.24, 2.45) is 16.1 Å². The molecule has 12 nitrogen and oxygen atoms in total. The van der Waals surface area contributed by atoms with E-state index >= 15 is 0 Å². The maximum absolute atomic E-state index is 14.4. The highest BCUT2D eigenvalue weighted by Gasteiger charge is 2.64. The maximum atomic E-state index is 14.4. The van der Waals surface area contributed by atoms with Crippen LogP contribution in [0.2, 0.25) is 5.02 Å². The Hall–Kier alpha value is -5.19. The molecule has 1 saturated carbocycles. The number of halogens is 6. The SMILES string of the molecule is CC(C)(C)CCN=C(N)N(C(=O)c1ccc(-c2ncccn2)cc1)[C@H](COC(=O)NC1(C(F)(F)F)CC1)c1ccc(Cl)c(-n2ncnc2C(F)F)c1. The summed E-state index contributed by atoms with van der Waals surface area (Å²) in [6.07, 6.45) is -5.24. The van der Waals surface area contributed by atoms with E-state index in [4.69, 9.17) is 22.1 Å². The van der Waals surface area contributed by atoms with Crippen LogP contribution < -0.4 is 11.1 Å². The number of aromatic nitrogens is 5. The third-order valence-corrected chi connectivity index (χ3v) is 8.55. The van der Waals surface area contributed by atoms with Crippen LogP contribution in [0.3, 0.4) is 0 Å². The summed E-state index contributed by atoms with van der Waals surface area (Å²) in [5.41, 5.74) is 4.68. The van der Waals surface area contributed by atoms with E-state index in [-0.39, 0.29) is 52.6 Å². The summed E-state index contributed by atoms with van der Waals surface area (Å²) in [6, 6.07) is 10.5. The van der Waals surface area contributed by atoms with Crippen LogP contribution in [0.25, 0.3) is 17.1 Å². The van der Waals surface area contributed by atoms with Crippen molar-refractivity contribution < 1.29 is 36.3 Å². The molecule has 1 aliphatic carbocycles. The van der Waals surface area contributed by atoms with Crippen molar-refractivity contribution in [3.63, 3.8) is 0 Å². The van der Waals surface area contributed by atoms with Gasteiger partial charge in [-0.05, 0) is 60.6 Å². The van der Waals surface area contributed by atoms with Crippen molar-refractivity contribution in [2.75, 3.05) is 13.2 Å². The highest BCUT2D eigenvalue weighted by Crippen LogP contribution is 2.49. The second kappa shape index (κ2) is 15.2. The van der Waals surface area contributed by atoms with Gasteiger partial charge >= 0.3 is 12.3 Å². The average Bonchev–Trinajstić information content (AvgIpc) is 3.72. The predicted molar refractivity (Wildman–Crippen MR) is 181 cm³/mol. The van der Waals surface area contributed by atoms with Gasteiger partial charge in [-0.1, -0.05) is 50.6 Å². The van der Waals surface area contributed by atoms with Crippen LogP contribution in [0.4, 0.5) is 26.7 Å². The first kappa shape index (κ1) is 38.1. The van der Waals surface area contributed by atoms with Gasteiger partial charge in [0, 0.05) is 30.1 Å². The highest BCUT2D eigenvalue weighted by molar-refractivity contribution is 6.32. The number of benzene rings is 2. The Kier molecular flexibility index (Phi) is 11.1. The number of amides is 2. The molecule has 0 radical (unpaired) electrons. The molecule has 2 aromatic carbocycles. The molecular weight excluding hydrogens is 713 g/mol. The lowest BCUT2D eigenvalue weighted by Gasteiger charge is -2.32. The van der Waals surface area contributed by atoms with Crippen molar-refractivity contribution >= 4 is 29.6 Å². The van der Waals surface area contributed by atoms with Crippen LogP contribution in [0, 0.1) is 5.41 Å². The minimum absolute atomic E-state index is 0.0298. The number of alkyl halides is 5. The number of ether oxygens (including phenoxy) is 1. The van der Waals surface area contributed by atoms with Gasteiger partial charge in [0.2, 0.25) is 0 Å². The molecule has 0 spiro atoms. The molecule has 1 aliphatic rings. The minimum atomic E-state index is -4.72. The maximum Gasteiger partial charge on any atom is 0.411 e. The second-order valence-corrected chi connectivity index (χ2v) is 13.6. The van der Waals surface area contributed by atoms with E-state index < -0.39 is 48.6 Å². The Balaban J connectivity index is 1.58. The van der Waals surface area contributed by atoms with E-state index in [1.165, 1.54) is 30.3 Å². The van der Waals surface area contributed by atoms with E-state index in [0.717, 1.165) is 15.9 Å². The van der Waals surface area contributed by atoms with Gasteiger partial charge in [-0.3, -0.25) is 14.7 Å². The van der Waals surface area contributed by atoms with Crippen LogP contribution in [0.15, 0.2) is 72.2 Å². The van der Waals surface area contributed by atoms with Crippen molar-refractivity contribution in [1.82, 2.24) is 34.9 Å². The fourth-order valence-electron chi connectivity index (χ4n) is 5.13. The first-order valence-corrected chi connectivity index (χ1v) is 16.4. The van der Waals surface area contributed by atoms with Gasteiger partial charge in [-0.2, -0.15) is 18.3 Å². The fourth-order valence-corrected chi connectivity index (χ4v) is 5.33. The Morgan fingerprint density at radius 2 is 1.75 bits per heavy atom. The normalized spacial score (nSPS) is 14.9. The van der Waals surface area contributed by atoms with Crippen LogP contribution >= 0.6 is 11.6 Å². The van der Waals surface area contributed by atoms with Gasteiger partial charge in [0.1, 0.15) is 18.5 Å². The van der Waals surface area contributed by atoms with Gasteiger partial charge in [0.15, 0.2) is 17.6 Å². The molecule has 1 fully saturated rings. The number of hydrogen-bond donors (Lipinski definition) is 2. The third kappa shape index (κ3) is 8.81. The van der Waals surface area contributed by atoms with Gasteiger partial charge in [0.05, 0.1) is 16.8 Å². The largest absolute Gasteiger partial charge is 0.447 e. The smallest absolute Gasteiger partial charge is 0.411 e. The zero-order valence-corrected chi connectivity index (χ0v) is 29.0. The zero-order valence-electron chi connectivity index (χ0n) is 28.2. The van der Waals surface area contributed by atoms with Gasteiger partial charge in [-0.25, -0.2) is 33.2 Å². The van der Waals surface area contributed by atoms with Crippen molar-refractivity contribution in [2.45, 2.75) is 64.2 Å². The van der Waals surface area contributed by atoms with Crippen LogP contribution in [0.1, 0.15) is 74.2 Å². The van der Waals surface area contributed by atoms with Crippen molar-refractivity contribution in [3.8, 4) is 17.1 Å². The lowest BCUT2D eigenvalue weighted by molar-refractivity contribution is -0.164. The Bertz CT molecular complexity index is 1910. The van der Waals surface area contributed by atoms with E-state index in [1.54, 1.807) is 30.6 Å². The third-order valence-electron chi connectivity index (χ3n) is 8.23. The summed E-state index contributed by atoms with van der Waals surface area (Å²) in [6.45, 7) is 5.38. The monoisotopic (exact) mass is 747 g/mol. The standard InChI is InChI=1S/C34H35ClF5N9O3/c1-32(2,3)13-16-44-30(41)48(29(50)21-7-5-20(6-8-21)27-42-14-4-15-43-27)25(18-52-31(51)47-33(11-12-33)34(38,39)40)22-9-10-23(35)24(17-22)49-28(26(36)37)45-19-46-49/h4-10,14-15,17,19,25-26H,11-13,16,18H2,1-3H3,(H2,41,44)(H,47,51)/t25-/m1/s1. The molecule has 0 aliphatic heterocycles. The first-order chi connectivity index (χ1) is 24.5. The lowest BCUT2D eigenvalue weighted by atomic mass is 9.92. The number of nitrogens with one attached hydrogen (secondary N) is 1. The first-order valence-electron chi connectivity index (χ1n) is 16.0. The van der Waals surface area contributed by atoms with E-state index in [0.29, 0.717) is 17.8 Å². The number of carbonyl (C=O) groups is 2. The van der Waals surface area contributed by atoms with E-state index in [1.807, 2.05) is 26.1 Å². The second-order valence-electron chi connectivity index (χ2n) is 13.2. The predicted octanol–water partition coefficient (Wildman–Crippen LogP) is 7.07. The summed E-state index contributed by atoms with van der Waals surface area (Å²) in [7, 11) is 0. The molecule has 2 heterocycles. The van der Waals surface area contributed by atoms with Crippen LogP contribution in [-0.2, 0) is 4.74 Å². The van der Waals surface area contributed by atoms with Crippen LogP contribution in [-0.4, -0.2) is 72.5 Å². The molecule has 5 rings (SSSR count). The highest BCUT2D eigenvalue weighted by atomic mass is 35.5. The molecule has 2 aromatic heterocycles. The topological polar surface area (TPSA) is 154 Å². The molecule has 0 saturated heterocycles. The quantitative estimate of drug-likeness (QED) is 0.0939. The van der Waals surface area contributed by atoms with E-state index in [2.05, 4.69) is 25.0 Å². The number of carbonyl (C=O) groups excluding carboxylic acids is 2. The lowest BCUT2D eigenvalue weighted by Crippen LogP contribution is -2.49. The summed E-state index contributed by atoms with van der Waals surface area (Å²) >= 11 is 6.42. The van der Waals surface area contributed by atoms with Gasteiger partial charge < -0.3 is 15.8 Å². The van der Waals surface area contributed by atoms with Crippen molar-refractivity contribution in [3.05, 3.63) is 89.2 Å². The Morgan fingerprint density at radius 3 is 2.35 bits per heavy atom. The molecule has 4 aromatic rings. The average molecular weight is 748 g/mol. The molecule has 3 N–H and O–H groups in total. The summed E-state index contributed by atoms with van der Waals surface area (Å²) in [4.78, 5) is 44.8. The Morgan fingerprint density at radius 1 is 1.08 bits per heavy atom.